The number of carbonyl (C=O) groups excluding carboxylic acids is 1. The van der Waals surface area contributed by atoms with Gasteiger partial charge in [0.1, 0.15) is 11.9 Å². The van der Waals surface area contributed by atoms with Gasteiger partial charge in [0.2, 0.25) is 5.91 Å². The topological polar surface area (TPSA) is 55.6 Å². The highest BCUT2D eigenvalue weighted by atomic mass is 16.5. The highest BCUT2D eigenvalue weighted by molar-refractivity contribution is 5.79. The number of ether oxygens (including phenoxy) is 1. The highest BCUT2D eigenvalue weighted by Crippen LogP contribution is 2.24. The summed E-state index contributed by atoms with van der Waals surface area (Å²) < 4.78 is 6.00. The van der Waals surface area contributed by atoms with Crippen molar-refractivity contribution >= 4 is 5.91 Å². The van der Waals surface area contributed by atoms with Gasteiger partial charge in [-0.15, -0.1) is 0 Å². The van der Waals surface area contributed by atoms with Crippen LogP contribution in [-0.4, -0.2) is 30.0 Å². The molecule has 1 heterocycles. The van der Waals surface area contributed by atoms with Gasteiger partial charge >= 0.3 is 0 Å². The molecule has 0 radical (unpaired) electrons. The molecule has 4 nitrogen and oxygen atoms in total. The molecule has 2 atom stereocenters. The Balaban J connectivity index is 1.52. The lowest BCUT2D eigenvalue weighted by molar-refractivity contribution is -0.137. The van der Waals surface area contributed by atoms with Gasteiger partial charge in [0, 0.05) is 32.0 Å². The summed E-state index contributed by atoms with van der Waals surface area (Å²) in [7, 11) is 0. The zero-order valence-electron chi connectivity index (χ0n) is 14.7. The Morgan fingerprint density at radius 2 is 1.60 bits per heavy atom. The molecule has 2 aromatic carbocycles. The molecule has 1 aliphatic rings. The molecule has 0 aromatic heterocycles. The van der Waals surface area contributed by atoms with Crippen molar-refractivity contribution < 1.29 is 9.53 Å². The van der Waals surface area contributed by atoms with Crippen molar-refractivity contribution in [1.82, 2.24) is 4.90 Å². The van der Waals surface area contributed by atoms with Gasteiger partial charge in [-0.1, -0.05) is 55.5 Å². The molecule has 2 unspecified atom stereocenters. The van der Waals surface area contributed by atoms with Gasteiger partial charge in [0.15, 0.2) is 0 Å². The van der Waals surface area contributed by atoms with Crippen LogP contribution in [0, 0.1) is 5.92 Å². The largest absolute Gasteiger partial charge is 0.490 e. The normalized spacial score (nSPS) is 17.8. The van der Waals surface area contributed by atoms with Gasteiger partial charge in [-0.3, -0.25) is 4.79 Å². The number of para-hydroxylation sites is 1. The highest BCUT2D eigenvalue weighted by Gasteiger charge is 2.30. The molecule has 1 fully saturated rings. The average Bonchev–Trinajstić information content (AvgIpc) is 2.68. The summed E-state index contributed by atoms with van der Waals surface area (Å²) in [4.78, 5) is 14.7. The Hall–Kier alpha value is -2.33. The Bertz CT molecular complexity index is 667. The first-order valence-electron chi connectivity index (χ1n) is 8.96. The number of nitrogens with two attached hydrogens (primary N) is 1. The van der Waals surface area contributed by atoms with Gasteiger partial charge in [0.05, 0.1) is 5.92 Å². The maximum atomic E-state index is 12.8. The molecule has 2 aromatic rings. The number of amides is 1. The van der Waals surface area contributed by atoms with E-state index in [0.717, 1.165) is 37.2 Å². The zero-order valence-corrected chi connectivity index (χ0v) is 14.7. The fourth-order valence-corrected chi connectivity index (χ4v) is 3.29. The maximum Gasteiger partial charge on any atom is 0.227 e. The number of rotatable bonds is 5. The molecular weight excluding hydrogens is 312 g/mol. The summed E-state index contributed by atoms with van der Waals surface area (Å²) in [6, 6.07) is 19.4. The Labute approximate surface area is 149 Å². The molecule has 132 valence electrons. The van der Waals surface area contributed by atoms with Crippen LogP contribution in [-0.2, 0) is 4.79 Å². The fraction of sp³-hybridized carbons (Fsp3) is 0.381. The minimum absolute atomic E-state index is 0.134. The number of carbonyl (C=O) groups is 1. The van der Waals surface area contributed by atoms with Crippen LogP contribution < -0.4 is 10.5 Å². The lowest BCUT2D eigenvalue weighted by atomic mass is 9.93. The van der Waals surface area contributed by atoms with Gasteiger partial charge in [-0.2, -0.15) is 0 Å². The van der Waals surface area contributed by atoms with Crippen LogP contribution in [0.3, 0.4) is 0 Å². The summed E-state index contributed by atoms with van der Waals surface area (Å²) in [5.41, 5.74) is 7.31. The van der Waals surface area contributed by atoms with Crippen molar-refractivity contribution in [3.63, 3.8) is 0 Å². The predicted molar refractivity (Wildman–Crippen MR) is 99.2 cm³/mol. The van der Waals surface area contributed by atoms with Crippen molar-refractivity contribution in [3.8, 4) is 5.75 Å². The molecule has 4 heteroatoms. The second-order valence-electron chi connectivity index (χ2n) is 6.68. The lowest BCUT2D eigenvalue weighted by Gasteiger charge is -2.34. The molecule has 0 saturated carbocycles. The third-order valence-corrected chi connectivity index (χ3v) is 4.91. The Morgan fingerprint density at radius 1 is 1.04 bits per heavy atom. The van der Waals surface area contributed by atoms with Crippen molar-refractivity contribution in [1.29, 1.82) is 0 Å². The quantitative estimate of drug-likeness (QED) is 0.909. The van der Waals surface area contributed by atoms with E-state index in [4.69, 9.17) is 10.5 Å². The third kappa shape index (κ3) is 4.40. The number of piperidine rings is 1. The van der Waals surface area contributed by atoms with Crippen LogP contribution in [0.2, 0.25) is 0 Å². The fourth-order valence-electron chi connectivity index (χ4n) is 3.29. The minimum atomic E-state index is -0.271. The van der Waals surface area contributed by atoms with E-state index in [1.807, 2.05) is 72.5 Å². The molecule has 1 aliphatic heterocycles. The van der Waals surface area contributed by atoms with E-state index in [0.29, 0.717) is 0 Å². The molecule has 0 spiro atoms. The van der Waals surface area contributed by atoms with Crippen LogP contribution >= 0.6 is 0 Å². The van der Waals surface area contributed by atoms with Crippen molar-refractivity contribution in [2.75, 3.05) is 13.1 Å². The van der Waals surface area contributed by atoms with Crippen molar-refractivity contribution in [3.05, 3.63) is 66.2 Å². The number of hydrogen-bond acceptors (Lipinski definition) is 3. The monoisotopic (exact) mass is 338 g/mol. The summed E-state index contributed by atoms with van der Waals surface area (Å²) in [6.07, 6.45) is 1.88. The van der Waals surface area contributed by atoms with Gasteiger partial charge in [-0.25, -0.2) is 0 Å². The number of nitrogens with zero attached hydrogens (tertiary/aromatic N) is 1. The van der Waals surface area contributed by atoms with Crippen LogP contribution in [0.4, 0.5) is 0 Å². The number of benzene rings is 2. The van der Waals surface area contributed by atoms with Gasteiger partial charge < -0.3 is 15.4 Å². The van der Waals surface area contributed by atoms with Crippen molar-refractivity contribution in [2.24, 2.45) is 11.7 Å². The van der Waals surface area contributed by atoms with Crippen LogP contribution in [0.25, 0.3) is 0 Å². The Kier molecular flexibility index (Phi) is 5.71. The van der Waals surface area contributed by atoms with E-state index in [9.17, 15) is 4.79 Å². The lowest BCUT2D eigenvalue weighted by Crippen LogP contribution is -2.45. The first-order valence-corrected chi connectivity index (χ1v) is 8.96. The molecule has 0 aliphatic carbocycles. The first kappa shape index (κ1) is 17.5. The smallest absolute Gasteiger partial charge is 0.227 e. The number of hydrogen-bond donors (Lipinski definition) is 1. The number of likely N-dealkylation sites (tertiary alicyclic amines) is 1. The van der Waals surface area contributed by atoms with E-state index >= 15 is 0 Å². The van der Waals surface area contributed by atoms with E-state index in [-0.39, 0.29) is 24.0 Å². The van der Waals surface area contributed by atoms with Crippen LogP contribution in [0.1, 0.15) is 31.4 Å². The second kappa shape index (κ2) is 8.17. The van der Waals surface area contributed by atoms with E-state index in [2.05, 4.69) is 0 Å². The van der Waals surface area contributed by atoms with Gasteiger partial charge in [-0.05, 0) is 17.7 Å². The van der Waals surface area contributed by atoms with Crippen molar-refractivity contribution in [2.45, 2.75) is 31.9 Å². The molecule has 2 N–H and O–H groups in total. The average molecular weight is 338 g/mol. The SMILES string of the molecule is CC(C(=O)N1CCC(Oc2ccccc2)CC1)C(N)c1ccccc1. The summed E-state index contributed by atoms with van der Waals surface area (Å²) in [6.45, 7) is 3.37. The molecule has 1 saturated heterocycles. The Morgan fingerprint density at radius 3 is 2.20 bits per heavy atom. The van der Waals surface area contributed by atoms with Crippen LogP contribution in [0.15, 0.2) is 60.7 Å². The molecule has 3 rings (SSSR count). The molecule has 1 amide bonds. The molecule has 25 heavy (non-hydrogen) atoms. The second-order valence-corrected chi connectivity index (χ2v) is 6.68. The predicted octanol–water partition coefficient (Wildman–Crippen LogP) is 3.39. The van der Waals surface area contributed by atoms with E-state index < -0.39 is 0 Å². The minimum Gasteiger partial charge on any atom is -0.490 e. The van der Waals surface area contributed by atoms with Gasteiger partial charge in [0.25, 0.3) is 0 Å². The summed E-state index contributed by atoms with van der Waals surface area (Å²) >= 11 is 0. The summed E-state index contributed by atoms with van der Waals surface area (Å²) in [5.74, 6) is 0.801. The third-order valence-electron chi connectivity index (χ3n) is 4.91. The van der Waals surface area contributed by atoms with E-state index in [1.165, 1.54) is 0 Å². The maximum absolute atomic E-state index is 12.8. The molecule has 0 bridgehead atoms. The standard InChI is InChI=1S/C21H26N2O2/c1-16(20(22)17-8-4-2-5-9-17)21(24)23-14-12-19(13-15-23)25-18-10-6-3-7-11-18/h2-11,16,19-20H,12-15,22H2,1H3. The summed E-state index contributed by atoms with van der Waals surface area (Å²) in [5, 5.41) is 0. The van der Waals surface area contributed by atoms with Crippen LogP contribution in [0.5, 0.6) is 5.75 Å². The first-order chi connectivity index (χ1) is 12.1. The molecular formula is C21H26N2O2. The van der Waals surface area contributed by atoms with E-state index in [1.54, 1.807) is 0 Å². The zero-order chi connectivity index (χ0) is 17.6.